The fourth-order valence-corrected chi connectivity index (χ4v) is 5.08. The second kappa shape index (κ2) is 9.27. The maximum absolute atomic E-state index is 12.9. The molecule has 2 aromatic rings. The molecule has 3 amide bonds. The lowest BCUT2D eigenvalue weighted by molar-refractivity contribution is 0.102. The van der Waals surface area contributed by atoms with E-state index in [1.54, 1.807) is 28.6 Å². The molecule has 1 unspecified atom stereocenters. The van der Waals surface area contributed by atoms with Crippen molar-refractivity contribution >= 4 is 33.3 Å². The number of urea groups is 1. The summed E-state index contributed by atoms with van der Waals surface area (Å²) in [5.74, 6) is -0.350. The highest BCUT2D eigenvalue weighted by Gasteiger charge is 2.30. The highest BCUT2D eigenvalue weighted by atomic mass is 32.2. The Hall–Kier alpha value is -2.91. The van der Waals surface area contributed by atoms with Crippen LogP contribution in [-0.4, -0.2) is 44.3 Å². The van der Waals surface area contributed by atoms with Crippen molar-refractivity contribution < 1.29 is 18.0 Å². The van der Waals surface area contributed by atoms with E-state index in [-0.39, 0.29) is 22.9 Å². The molecule has 1 atom stereocenters. The molecule has 160 valence electrons. The number of benzene rings is 2. The number of hydrogen-bond donors (Lipinski definition) is 3. The second-order valence-electron chi connectivity index (χ2n) is 7.22. The maximum Gasteiger partial charge on any atom is 0.318 e. The zero-order valence-electron chi connectivity index (χ0n) is 17.0. The molecule has 3 rings (SSSR count). The molecule has 0 spiro atoms. The first-order valence-electron chi connectivity index (χ1n) is 9.83. The maximum atomic E-state index is 12.9. The molecular formula is C21H26N4O4S. The van der Waals surface area contributed by atoms with E-state index < -0.39 is 10.0 Å². The number of rotatable bonds is 5. The van der Waals surface area contributed by atoms with E-state index in [9.17, 15) is 18.0 Å². The number of carbonyl (C=O) groups excluding carboxylic acids is 2. The molecule has 0 saturated carbocycles. The van der Waals surface area contributed by atoms with E-state index in [1.807, 2.05) is 6.92 Å². The molecule has 30 heavy (non-hydrogen) atoms. The summed E-state index contributed by atoms with van der Waals surface area (Å²) in [6, 6.07) is 12.3. The van der Waals surface area contributed by atoms with Crippen molar-refractivity contribution in [3.63, 3.8) is 0 Å². The molecule has 9 heteroatoms. The van der Waals surface area contributed by atoms with E-state index in [4.69, 9.17) is 0 Å². The summed E-state index contributed by atoms with van der Waals surface area (Å²) >= 11 is 0. The van der Waals surface area contributed by atoms with E-state index in [1.165, 1.54) is 31.3 Å². The van der Waals surface area contributed by atoms with Gasteiger partial charge in [-0.25, -0.2) is 13.2 Å². The van der Waals surface area contributed by atoms with Crippen molar-refractivity contribution in [2.45, 2.75) is 37.1 Å². The molecule has 2 aromatic carbocycles. The molecular weight excluding hydrogens is 404 g/mol. The summed E-state index contributed by atoms with van der Waals surface area (Å²) in [6.07, 6.45) is 2.76. The molecule has 0 radical (unpaired) electrons. The minimum Gasteiger partial charge on any atom is -0.341 e. The summed E-state index contributed by atoms with van der Waals surface area (Å²) in [4.78, 5) is 24.0. The van der Waals surface area contributed by atoms with Gasteiger partial charge in [0.25, 0.3) is 5.91 Å². The molecule has 0 aliphatic carbocycles. The molecule has 1 heterocycles. The van der Waals surface area contributed by atoms with Gasteiger partial charge in [0.05, 0.1) is 4.90 Å². The summed E-state index contributed by atoms with van der Waals surface area (Å²) in [5.41, 5.74) is 1.50. The van der Waals surface area contributed by atoms with Gasteiger partial charge in [0.15, 0.2) is 0 Å². The van der Waals surface area contributed by atoms with Crippen molar-refractivity contribution in [2.24, 2.45) is 0 Å². The third kappa shape index (κ3) is 4.98. The number of hydrogen-bond acceptors (Lipinski definition) is 4. The summed E-state index contributed by atoms with van der Waals surface area (Å²) in [5, 5.41) is 7.84. The largest absolute Gasteiger partial charge is 0.341 e. The van der Waals surface area contributed by atoms with Crippen LogP contribution < -0.4 is 16.0 Å². The van der Waals surface area contributed by atoms with Crippen LogP contribution in [0.3, 0.4) is 0 Å². The molecule has 3 N–H and O–H groups in total. The number of nitrogens with zero attached hydrogens (tertiary/aromatic N) is 1. The van der Waals surface area contributed by atoms with Gasteiger partial charge in [0.2, 0.25) is 10.0 Å². The molecule has 0 aromatic heterocycles. The van der Waals surface area contributed by atoms with Crippen molar-refractivity contribution in [3.8, 4) is 0 Å². The third-order valence-corrected chi connectivity index (χ3v) is 7.12. The fourth-order valence-electron chi connectivity index (χ4n) is 3.38. The van der Waals surface area contributed by atoms with Gasteiger partial charge in [0.1, 0.15) is 0 Å². The Bertz CT molecular complexity index is 1000. The third-order valence-electron chi connectivity index (χ3n) is 5.09. The monoisotopic (exact) mass is 430 g/mol. The van der Waals surface area contributed by atoms with Gasteiger partial charge in [0, 0.05) is 36.6 Å². The Kier molecular flexibility index (Phi) is 6.73. The number of nitrogens with one attached hydrogen (secondary N) is 3. The highest BCUT2D eigenvalue weighted by Crippen LogP contribution is 2.25. The predicted octanol–water partition coefficient (Wildman–Crippen LogP) is 3.25. The lowest BCUT2D eigenvalue weighted by atomic mass is 10.1. The zero-order valence-corrected chi connectivity index (χ0v) is 17.8. The molecule has 1 aliphatic heterocycles. The second-order valence-corrected chi connectivity index (χ2v) is 9.11. The van der Waals surface area contributed by atoms with Crippen LogP contribution in [0.5, 0.6) is 0 Å². The average molecular weight is 431 g/mol. The Morgan fingerprint density at radius 1 is 0.933 bits per heavy atom. The summed E-state index contributed by atoms with van der Waals surface area (Å²) in [7, 11) is -2.05. The molecule has 8 nitrogen and oxygen atoms in total. The minimum atomic E-state index is -3.57. The number of anilines is 2. The van der Waals surface area contributed by atoms with Gasteiger partial charge in [-0.3, -0.25) is 4.79 Å². The topological polar surface area (TPSA) is 108 Å². The van der Waals surface area contributed by atoms with E-state index in [2.05, 4.69) is 16.0 Å². The number of carbonyl (C=O) groups is 2. The number of amides is 3. The quantitative estimate of drug-likeness (QED) is 0.677. The normalized spacial score (nSPS) is 17.2. The summed E-state index contributed by atoms with van der Waals surface area (Å²) < 4.78 is 27.3. The SMILES string of the molecule is CNC(=O)Nc1ccc(NC(=O)c2ccc(S(=O)(=O)N3CCCCC3C)cc2)cc1. The van der Waals surface area contributed by atoms with Crippen molar-refractivity contribution in [3.05, 3.63) is 54.1 Å². The Morgan fingerprint density at radius 2 is 1.53 bits per heavy atom. The van der Waals surface area contributed by atoms with Crippen LogP contribution >= 0.6 is 0 Å². The Morgan fingerprint density at radius 3 is 2.10 bits per heavy atom. The standard InChI is InChI=1S/C21H26N4O4S/c1-15-5-3-4-14-25(15)30(28,29)19-12-6-16(7-13-19)20(26)23-17-8-10-18(11-9-17)24-21(27)22-2/h6-13,15H,3-5,14H2,1-2H3,(H,23,26)(H2,22,24,27). The lowest BCUT2D eigenvalue weighted by Gasteiger charge is -2.32. The smallest absolute Gasteiger partial charge is 0.318 e. The molecule has 1 fully saturated rings. The first-order valence-corrected chi connectivity index (χ1v) is 11.3. The highest BCUT2D eigenvalue weighted by molar-refractivity contribution is 7.89. The molecule has 1 aliphatic rings. The van der Waals surface area contributed by atoms with Crippen LogP contribution in [0.4, 0.5) is 16.2 Å². The Labute approximate surface area is 176 Å². The van der Waals surface area contributed by atoms with Crippen molar-refractivity contribution in [2.75, 3.05) is 24.2 Å². The van der Waals surface area contributed by atoms with Gasteiger partial charge in [-0.05, 0) is 68.3 Å². The van der Waals surface area contributed by atoms with E-state index >= 15 is 0 Å². The predicted molar refractivity (Wildman–Crippen MR) is 116 cm³/mol. The van der Waals surface area contributed by atoms with E-state index in [0.29, 0.717) is 23.5 Å². The first kappa shape index (κ1) is 21.8. The van der Waals surface area contributed by atoms with Gasteiger partial charge in [-0.1, -0.05) is 6.42 Å². The van der Waals surface area contributed by atoms with Crippen LogP contribution in [0.2, 0.25) is 0 Å². The lowest BCUT2D eigenvalue weighted by Crippen LogP contribution is -2.41. The van der Waals surface area contributed by atoms with Crippen molar-refractivity contribution in [1.29, 1.82) is 0 Å². The van der Waals surface area contributed by atoms with Gasteiger partial charge < -0.3 is 16.0 Å². The van der Waals surface area contributed by atoms with E-state index in [0.717, 1.165) is 19.3 Å². The number of piperidine rings is 1. The zero-order chi connectivity index (χ0) is 21.7. The molecule has 0 bridgehead atoms. The van der Waals surface area contributed by atoms with Crippen LogP contribution in [-0.2, 0) is 10.0 Å². The van der Waals surface area contributed by atoms with Crippen LogP contribution in [0.1, 0.15) is 36.5 Å². The fraction of sp³-hybridized carbons (Fsp3) is 0.333. The average Bonchev–Trinajstić information content (AvgIpc) is 2.75. The van der Waals surface area contributed by atoms with Gasteiger partial charge in [-0.15, -0.1) is 0 Å². The minimum absolute atomic E-state index is 0.0208. The van der Waals surface area contributed by atoms with Gasteiger partial charge >= 0.3 is 6.03 Å². The van der Waals surface area contributed by atoms with Crippen LogP contribution in [0.25, 0.3) is 0 Å². The molecule has 1 saturated heterocycles. The van der Waals surface area contributed by atoms with Crippen molar-refractivity contribution in [1.82, 2.24) is 9.62 Å². The van der Waals surface area contributed by atoms with Crippen LogP contribution in [0, 0.1) is 0 Å². The Balaban J connectivity index is 1.67. The van der Waals surface area contributed by atoms with Gasteiger partial charge in [-0.2, -0.15) is 4.31 Å². The van der Waals surface area contributed by atoms with Crippen LogP contribution in [0.15, 0.2) is 53.4 Å². The number of sulfonamides is 1. The first-order chi connectivity index (χ1) is 14.3. The summed E-state index contributed by atoms with van der Waals surface area (Å²) in [6.45, 7) is 2.45.